The van der Waals surface area contributed by atoms with Crippen molar-refractivity contribution in [3.63, 3.8) is 0 Å². The summed E-state index contributed by atoms with van der Waals surface area (Å²) in [6, 6.07) is 14.8. The van der Waals surface area contributed by atoms with Gasteiger partial charge in [-0.1, -0.05) is 59.6 Å². The quantitative estimate of drug-likeness (QED) is 0.677. The molecule has 2 aliphatic heterocycles. The van der Waals surface area contributed by atoms with Crippen LogP contribution in [0.1, 0.15) is 12.0 Å². The Balaban J connectivity index is 1.33. The molecule has 0 aliphatic carbocycles. The normalized spacial score (nSPS) is 24.7. The van der Waals surface area contributed by atoms with Crippen molar-refractivity contribution in [3.05, 3.63) is 70.2 Å². The molecule has 0 saturated carbocycles. The molecule has 2 fully saturated rings. The molecule has 7 heteroatoms. The van der Waals surface area contributed by atoms with Crippen LogP contribution in [-0.4, -0.2) is 50.6 Å². The predicted octanol–water partition coefficient (Wildman–Crippen LogP) is 1.12. The van der Waals surface area contributed by atoms with Crippen LogP contribution in [0, 0.1) is 0 Å². The molecule has 0 spiro atoms. The van der Waals surface area contributed by atoms with E-state index in [-0.39, 0.29) is 24.3 Å². The Morgan fingerprint density at radius 2 is 1.70 bits per heavy atom. The fourth-order valence-electron chi connectivity index (χ4n) is 4.25. The molecule has 2 saturated heterocycles. The van der Waals surface area contributed by atoms with Gasteiger partial charge in [0.2, 0.25) is 5.91 Å². The third kappa shape index (κ3) is 4.60. The van der Waals surface area contributed by atoms with E-state index in [0.29, 0.717) is 15.7 Å². The van der Waals surface area contributed by atoms with Gasteiger partial charge in [-0.15, -0.1) is 0 Å². The summed E-state index contributed by atoms with van der Waals surface area (Å²) in [5, 5.41) is 0.744. The summed E-state index contributed by atoms with van der Waals surface area (Å²) in [5.41, 5.74) is 1.70. The van der Waals surface area contributed by atoms with Crippen LogP contribution in [0.3, 0.4) is 0 Å². The Kier molecular flexibility index (Phi) is 6.54. The summed E-state index contributed by atoms with van der Waals surface area (Å²) in [7, 11) is 0. The first-order valence-electron chi connectivity index (χ1n) is 10.2. The van der Waals surface area contributed by atoms with Crippen molar-refractivity contribution in [1.82, 2.24) is 0 Å². The lowest BCUT2D eigenvalue weighted by atomic mass is 10.1. The van der Waals surface area contributed by atoms with Gasteiger partial charge in [0.25, 0.3) is 5.91 Å². The maximum Gasteiger partial charge on any atom is 0.292 e. The molecule has 2 N–H and O–H groups in total. The van der Waals surface area contributed by atoms with Gasteiger partial charge < -0.3 is 9.80 Å². The van der Waals surface area contributed by atoms with Crippen molar-refractivity contribution < 1.29 is 19.4 Å². The van der Waals surface area contributed by atoms with Crippen LogP contribution >= 0.6 is 23.2 Å². The molecule has 0 bridgehead atoms. The van der Waals surface area contributed by atoms with Gasteiger partial charge >= 0.3 is 0 Å². The number of anilines is 1. The Labute approximate surface area is 186 Å². The summed E-state index contributed by atoms with van der Waals surface area (Å²) >= 11 is 12.0. The first kappa shape index (κ1) is 21.1. The monoisotopic (exact) mass is 445 g/mol. The van der Waals surface area contributed by atoms with E-state index in [1.807, 2.05) is 18.2 Å². The molecule has 5 nitrogen and oxygen atoms in total. The Hall–Kier alpha value is -2.18. The second-order valence-corrected chi connectivity index (χ2v) is 8.66. The zero-order valence-corrected chi connectivity index (χ0v) is 18.1. The van der Waals surface area contributed by atoms with E-state index < -0.39 is 0 Å². The number of rotatable bonds is 5. The van der Waals surface area contributed by atoms with Gasteiger partial charge in [-0.3, -0.25) is 9.59 Å². The fourth-order valence-corrected chi connectivity index (χ4v) is 4.54. The number of carbonyl (C=O) groups excluding carboxylic acids is 2. The highest BCUT2D eigenvalue weighted by atomic mass is 35.5. The number of nitrogens with zero attached hydrogens (tertiary/aromatic N) is 1. The van der Waals surface area contributed by atoms with Gasteiger partial charge in [0.15, 0.2) is 6.04 Å². The van der Waals surface area contributed by atoms with Crippen molar-refractivity contribution >= 4 is 46.8 Å². The number of carbonyl (C=O) groups is 2. The SMILES string of the molecule is O=C1CC([NH+]2CC[NH+](CC=Cc3ccccc3)CC2)C(=O)N1c1ccc(Cl)c(Cl)c1. The lowest BCUT2D eigenvalue weighted by Gasteiger charge is -2.31. The highest BCUT2D eigenvalue weighted by Crippen LogP contribution is 2.29. The van der Waals surface area contributed by atoms with E-state index in [1.165, 1.54) is 20.3 Å². The average Bonchev–Trinajstić information content (AvgIpc) is 3.05. The Bertz CT molecular complexity index is 956. The number of benzene rings is 2. The highest BCUT2D eigenvalue weighted by molar-refractivity contribution is 6.42. The summed E-state index contributed by atoms with van der Waals surface area (Å²) in [6.45, 7) is 4.70. The smallest absolute Gasteiger partial charge is 0.292 e. The van der Waals surface area contributed by atoms with Crippen LogP contribution in [-0.2, 0) is 9.59 Å². The number of quaternary nitrogens is 2. The van der Waals surface area contributed by atoms with Crippen LogP contribution in [0.25, 0.3) is 6.08 Å². The molecule has 1 atom stereocenters. The second kappa shape index (κ2) is 9.31. The standard InChI is InChI=1S/C23H23Cl2N3O2/c24-19-9-8-18(15-20(19)25)28-22(29)16-21(23(28)30)27-13-11-26(12-14-27)10-4-7-17-5-2-1-3-6-17/h1-9,15,21H,10-14,16H2/p+2. The van der Waals surface area contributed by atoms with Gasteiger partial charge in [-0.2, -0.15) is 0 Å². The van der Waals surface area contributed by atoms with Gasteiger partial charge in [-0.05, 0) is 29.8 Å². The molecular formula is C23H25Cl2N3O2+2. The van der Waals surface area contributed by atoms with E-state index in [2.05, 4.69) is 24.3 Å². The van der Waals surface area contributed by atoms with Gasteiger partial charge in [-0.25, -0.2) is 4.90 Å². The van der Waals surface area contributed by atoms with E-state index in [9.17, 15) is 9.59 Å². The van der Waals surface area contributed by atoms with Crippen molar-refractivity contribution in [3.8, 4) is 0 Å². The van der Waals surface area contributed by atoms with Crippen molar-refractivity contribution in [2.75, 3.05) is 37.6 Å². The lowest BCUT2D eigenvalue weighted by molar-refractivity contribution is -1.02. The fraction of sp³-hybridized carbons (Fsp3) is 0.304. The van der Waals surface area contributed by atoms with Gasteiger partial charge in [0, 0.05) is 0 Å². The third-order valence-electron chi connectivity index (χ3n) is 5.92. The number of piperazine rings is 1. The van der Waals surface area contributed by atoms with Crippen LogP contribution < -0.4 is 14.7 Å². The minimum atomic E-state index is -0.312. The number of amides is 2. The van der Waals surface area contributed by atoms with E-state index in [4.69, 9.17) is 23.2 Å². The van der Waals surface area contributed by atoms with Crippen molar-refractivity contribution in [1.29, 1.82) is 0 Å². The lowest BCUT2D eigenvalue weighted by Crippen LogP contribution is -3.30. The first-order valence-corrected chi connectivity index (χ1v) is 11.0. The van der Waals surface area contributed by atoms with Crippen molar-refractivity contribution in [2.24, 2.45) is 0 Å². The Morgan fingerprint density at radius 3 is 2.40 bits per heavy atom. The summed E-state index contributed by atoms with van der Waals surface area (Å²) in [4.78, 5) is 29.6. The maximum absolute atomic E-state index is 13.0. The van der Waals surface area contributed by atoms with Crippen LogP contribution in [0.4, 0.5) is 5.69 Å². The van der Waals surface area contributed by atoms with E-state index in [1.54, 1.807) is 18.2 Å². The summed E-state index contributed by atoms with van der Waals surface area (Å²) in [5.74, 6) is -0.308. The minimum Gasteiger partial charge on any atom is -0.322 e. The molecule has 30 heavy (non-hydrogen) atoms. The highest BCUT2D eigenvalue weighted by Gasteiger charge is 2.46. The number of imide groups is 1. The first-order chi connectivity index (χ1) is 14.5. The summed E-state index contributed by atoms with van der Waals surface area (Å²) in [6.07, 6.45) is 4.62. The molecule has 0 radical (unpaired) electrons. The average molecular weight is 446 g/mol. The number of halogens is 2. The molecule has 156 valence electrons. The van der Waals surface area contributed by atoms with E-state index >= 15 is 0 Å². The van der Waals surface area contributed by atoms with Crippen LogP contribution in [0.2, 0.25) is 10.0 Å². The third-order valence-corrected chi connectivity index (χ3v) is 6.66. The Morgan fingerprint density at radius 1 is 0.967 bits per heavy atom. The van der Waals surface area contributed by atoms with E-state index in [0.717, 1.165) is 32.7 Å². The topological polar surface area (TPSA) is 46.3 Å². The van der Waals surface area contributed by atoms with Crippen LogP contribution in [0.5, 0.6) is 0 Å². The molecule has 4 rings (SSSR count). The molecule has 2 aromatic carbocycles. The zero-order chi connectivity index (χ0) is 21.1. The number of hydrogen-bond donors (Lipinski definition) is 2. The molecular weight excluding hydrogens is 421 g/mol. The largest absolute Gasteiger partial charge is 0.322 e. The molecule has 0 aromatic heterocycles. The minimum absolute atomic E-state index is 0.138. The van der Waals surface area contributed by atoms with Gasteiger partial charge in [0.1, 0.15) is 26.2 Å². The molecule has 1 unspecified atom stereocenters. The maximum atomic E-state index is 13.0. The zero-order valence-electron chi connectivity index (χ0n) is 16.6. The van der Waals surface area contributed by atoms with Gasteiger partial charge in [0.05, 0.1) is 28.7 Å². The summed E-state index contributed by atoms with van der Waals surface area (Å²) < 4.78 is 0. The number of nitrogens with one attached hydrogen (secondary N) is 2. The van der Waals surface area contributed by atoms with Crippen LogP contribution in [0.15, 0.2) is 54.6 Å². The van der Waals surface area contributed by atoms with Crippen molar-refractivity contribution in [2.45, 2.75) is 12.5 Å². The number of hydrogen-bond acceptors (Lipinski definition) is 2. The molecule has 2 aromatic rings. The molecule has 2 heterocycles. The predicted molar refractivity (Wildman–Crippen MR) is 119 cm³/mol. The molecule has 2 aliphatic rings. The second-order valence-electron chi connectivity index (χ2n) is 7.85. The molecule has 2 amide bonds.